The number of thiophene rings is 1. The predicted octanol–water partition coefficient (Wildman–Crippen LogP) is 18.0. The van der Waals surface area contributed by atoms with Gasteiger partial charge in [-0.15, -0.1) is 11.3 Å². The first kappa shape index (κ1) is 17.7. The molecular formula is C64H40N2S. The van der Waals surface area contributed by atoms with Crippen LogP contribution in [-0.2, 0) is 0 Å². The fraction of sp³-hybridized carbons (Fsp3) is 0. The van der Waals surface area contributed by atoms with Crippen molar-refractivity contribution in [1.82, 2.24) is 9.97 Å². The molecule has 3 heterocycles. The molecule has 0 radical (unpaired) electrons. The number of rotatable bonds is 7. The Balaban J connectivity index is 1.23. The van der Waals surface area contributed by atoms with Crippen molar-refractivity contribution in [2.75, 3.05) is 0 Å². The molecular weight excluding hydrogens is 829 g/mol. The zero-order chi connectivity index (χ0) is 73.9. The molecule has 312 valence electrons. The van der Waals surface area contributed by atoms with Crippen molar-refractivity contribution in [2.45, 2.75) is 0 Å². The Bertz CT molecular complexity index is 5890. The number of nitrogens with zero attached hydrogens (tertiary/aromatic N) is 2. The molecule has 0 aliphatic carbocycles. The van der Waals surface area contributed by atoms with Crippen LogP contribution in [0.3, 0.4) is 0 Å². The van der Waals surface area contributed by atoms with Gasteiger partial charge in [0.15, 0.2) is 0 Å². The molecule has 2 nitrogen and oxygen atoms in total. The van der Waals surface area contributed by atoms with Gasteiger partial charge < -0.3 is 0 Å². The summed E-state index contributed by atoms with van der Waals surface area (Å²) < 4.78 is 313. The lowest BCUT2D eigenvalue weighted by molar-refractivity contribution is 1.37. The Labute approximate surface area is 440 Å². The fourth-order valence-corrected chi connectivity index (χ4v) is 9.54. The lowest BCUT2D eigenvalue weighted by atomic mass is 9.85. The maximum atomic E-state index is 10.2. The average Bonchev–Trinajstić information content (AvgIpc) is 1.68. The van der Waals surface area contributed by atoms with E-state index in [1.54, 1.807) is 6.07 Å². The van der Waals surface area contributed by atoms with E-state index in [0.29, 0.717) is 0 Å². The van der Waals surface area contributed by atoms with E-state index in [4.69, 9.17) is 28.3 Å². The second-order valence-electron chi connectivity index (χ2n) is 14.6. The third-order valence-corrected chi connectivity index (χ3v) is 12.2. The summed E-state index contributed by atoms with van der Waals surface area (Å²) in [5.41, 5.74) is -7.83. The molecule has 3 aromatic heterocycles. The highest BCUT2D eigenvalue weighted by Gasteiger charge is 2.27. The van der Waals surface area contributed by atoms with E-state index >= 15 is 0 Å². The van der Waals surface area contributed by atoms with Crippen molar-refractivity contribution in [3.05, 3.63) is 242 Å². The molecule has 67 heavy (non-hydrogen) atoms. The highest BCUT2D eigenvalue weighted by atomic mass is 32.1. The lowest BCUT2D eigenvalue weighted by Crippen LogP contribution is -1.92. The minimum Gasteiger partial charge on any atom is -0.254 e. The van der Waals surface area contributed by atoms with Crippen LogP contribution in [0.4, 0.5) is 0 Å². The Morgan fingerprint density at radius 3 is 1.45 bits per heavy atom. The molecule has 10 aromatic carbocycles. The van der Waals surface area contributed by atoms with E-state index < -0.39 is 287 Å². The smallest absolute Gasteiger partial charge is 0.0972 e. The van der Waals surface area contributed by atoms with Gasteiger partial charge in [-0.2, -0.15) is 0 Å². The van der Waals surface area contributed by atoms with Gasteiger partial charge in [-0.1, -0.05) is 224 Å². The predicted molar refractivity (Wildman–Crippen MR) is 285 cm³/mol. The van der Waals surface area contributed by atoms with Crippen molar-refractivity contribution < 1.29 is 46.6 Å². The molecule has 13 aromatic rings. The van der Waals surface area contributed by atoms with Gasteiger partial charge in [-0.3, -0.25) is 4.98 Å². The van der Waals surface area contributed by atoms with E-state index in [1.165, 1.54) is 30.3 Å². The van der Waals surface area contributed by atoms with Crippen LogP contribution >= 0.6 is 11.3 Å². The fourth-order valence-electron chi connectivity index (χ4n) is 8.21. The zero-order valence-corrected chi connectivity index (χ0v) is 34.6. The monoisotopic (exact) mass is 903 g/mol. The molecule has 0 saturated carbocycles. The van der Waals surface area contributed by atoms with Gasteiger partial charge >= 0.3 is 0 Å². The first-order chi connectivity index (χ1) is 47.4. The van der Waals surface area contributed by atoms with Crippen molar-refractivity contribution in [2.24, 2.45) is 0 Å². The van der Waals surface area contributed by atoms with Gasteiger partial charge in [0.05, 0.1) is 63.3 Å². The summed E-state index contributed by atoms with van der Waals surface area (Å²) in [4.78, 5) is 7.45. The third-order valence-electron chi connectivity index (χ3n) is 11.0. The van der Waals surface area contributed by atoms with Gasteiger partial charge in [-0.25, -0.2) is 4.98 Å². The van der Waals surface area contributed by atoms with Crippen LogP contribution in [0.2, 0.25) is 0 Å². The van der Waals surface area contributed by atoms with Crippen LogP contribution in [0.15, 0.2) is 242 Å². The molecule has 0 bridgehead atoms. The Kier molecular flexibility index (Phi) is 4.28. The topological polar surface area (TPSA) is 25.8 Å². The van der Waals surface area contributed by atoms with Crippen molar-refractivity contribution >= 4 is 65.5 Å². The molecule has 0 saturated heterocycles. The summed E-state index contributed by atoms with van der Waals surface area (Å²) in [5.74, 6) is 0. The maximum Gasteiger partial charge on any atom is 0.0972 e. The Morgan fingerprint density at radius 1 is 0.328 bits per heavy atom. The molecule has 0 atom stereocenters. The van der Waals surface area contributed by atoms with E-state index in [9.17, 15) is 23.3 Å². The molecule has 0 aliphatic heterocycles. The van der Waals surface area contributed by atoms with E-state index in [-0.39, 0.29) is 60.7 Å². The van der Waals surface area contributed by atoms with Crippen LogP contribution < -0.4 is 0 Å². The van der Waals surface area contributed by atoms with Crippen LogP contribution in [0.5, 0.6) is 0 Å². The Hall–Kier alpha value is -8.50. The summed E-state index contributed by atoms with van der Waals surface area (Å²) >= 11 is 0.256. The molecule has 0 spiro atoms. The normalized spacial score (nSPS) is 18.7. The Morgan fingerprint density at radius 2 is 0.806 bits per heavy atom. The number of hydrogen-bond donors (Lipinski definition) is 0. The number of benzene rings is 10. The first-order valence-electron chi connectivity index (χ1n) is 37.0. The largest absolute Gasteiger partial charge is 0.254 e. The van der Waals surface area contributed by atoms with Crippen LogP contribution in [-0.4, -0.2) is 9.97 Å². The molecule has 0 fully saturated rings. The molecule has 13 rings (SSSR count). The van der Waals surface area contributed by atoms with Crippen molar-refractivity contribution in [3.8, 4) is 76.6 Å². The average molecular weight is 903 g/mol. The van der Waals surface area contributed by atoms with Crippen molar-refractivity contribution in [1.29, 1.82) is 0 Å². The number of fused-ring (bicyclic) bond motifs is 6. The second kappa shape index (κ2) is 16.2. The molecule has 0 amide bonds. The summed E-state index contributed by atoms with van der Waals surface area (Å²) in [5, 5.41) is -3.50. The van der Waals surface area contributed by atoms with Crippen LogP contribution in [0, 0.1) is 0 Å². The maximum absolute atomic E-state index is 10.2. The quantitative estimate of drug-likeness (QED) is 0.118. The summed E-state index contributed by atoms with van der Waals surface area (Å²) in [7, 11) is 0. The van der Waals surface area contributed by atoms with Gasteiger partial charge in [0.2, 0.25) is 0 Å². The molecule has 0 N–H and O–H groups in total. The van der Waals surface area contributed by atoms with E-state index in [1.807, 2.05) is 0 Å². The highest BCUT2D eigenvalue weighted by molar-refractivity contribution is 7.20. The second-order valence-corrected chi connectivity index (χ2v) is 15.6. The SMILES string of the molecule is [2H]c1nc2c(c([2H])c1[2H])c([2H])c([2H])c1c([2H])c([2H])c(-c3ccc(-c4c([2H])c([2H])c(-c5c(-c6c([2H])c([2H])c([2H])c([2H])c6[2H])sc(-c6c7c([2H])c([2H])c([2H])c([2H])c7c(-c7c([2H])c([2H])c([2H])c([2H])c7[2H])c7c([2H])c([2H])c([2H])c([2H])c67)c5-c5c([2H])c([2H])c([2H])c([2H])c5[2H])c([2H])c4[2H])c4ccccc34)nc12. The standard InChI is InChI=1S/C64H40N2S/c1-4-17-42(18-5-1)57-52-26-12-14-28-54(52)60(55-29-15-13-27-53(55)57)64-59(43-19-6-2-7-20-43)58(63(67-64)47-21-8-3-9-22-47)44-32-30-41(31-33-44)48-37-38-51(50-25-11-10-24-49(48)50)56-39-36-46-35-34-45-23-16-40-65-61(45)62(46)66-56/h1-40H/i1D,2D,3D,4D,5D,6D,7D,8D,9D,12D,13D,14D,15D,16D,17D,18D,19D,20D,21D,22D,23D,26D,27D,28D,29D,30D,31D,32D,33D,34D,35D,36D,39D,40D. The third kappa shape index (κ3) is 6.55. The zero-order valence-electron chi connectivity index (χ0n) is 67.8. The van der Waals surface area contributed by atoms with Gasteiger partial charge in [0, 0.05) is 49.0 Å². The van der Waals surface area contributed by atoms with Gasteiger partial charge in [0.1, 0.15) is 0 Å². The molecule has 0 aliphatic rings. The van der Waals surface area contributed by atoms with Crippen LogP contribution in [0.25, 0.3) is 131 Å². The summed E-state index contributed by atoms with van der Waals surface area (Å²) in [6, 6.07) is -22.6. The molecule has 3 heteroatoms. The summed E-state index contributed by atoms with van der Waals surface area (Å²) in [6.45, 7) is 0. The minimum absolute atomic E-state index is 0.0606. The van der Waals surface area contributed by atoms with Crippen LogP contribution in [0.1, 0.15) is 46.6 Å². The molecule has 0 unspecified atom stereocenters. The van der Waals surface area contributed by atoms with Crippen molar-refractivity contribution in [3.63, 3.8) is 0 Å². The lowest BCUT2D eigenvalue weighted by Gasteiger charge is -2.18. The minimum atomic E-state index is -1.11. The summed E-state index contributed by atoms with van der Waals surface area (Å²) in [6.07, 6.45) is -0.677. The highest BCUT2D eigenvalue weighted by Crippen LogP contribution is 2.56. The van der Waals surface area contributed by atoms with E-state index in [2.05, 4.69) is 4.98 Å². The van der Waals surface area contributed by atoms with E-state index in [0.717, 1.165) is 0 Å². The van der Waals surface area contributed by atoms with Gasteiger partial charge in [0.25, 0.3) is 0 Å². The first-order valence-corrected chi connectivity index (χ1v) is 20.9. The number of aromatic nitrogens is 2. The number of hydrogen-bond acceptors (Lipinski definition) is 3. The van der Waals surface area contributed by atoms with Gasteiger partial charge in [-0.05, 0) is 83.3 Å². The number of pyridine rings is 2.